The normalized spacial score (nSPS) is 15.3. The maximum absolute atomic E-state index is 12.4. The lowest BCUT2D eigenvalue weighted by Gasteiger charge is -2.23. The van der Waals surface area contributed by atoms with Gasteiger partial charge in [0.15, 0.2) is 0 Å². The minimum atomic E-state index is 0.0488. The average Bonchev–Trinajstić information content (AvgIpc) is 2.85. The fourth-order valence-electron chi connectivity index (χ4n) is 2.87. The van der Waals surface area contributed by atoms with E-state index in [0.717, 1.165) is 32.6 Å². The molecule has 1 fully saturated rings. The first-order chi connectivity index (χ1) is 11.2. The van der Waals surface area contributed by atoms with Crippen LogP contribution in [0.15, 0.2) is 41.8 Å². The summed E-state index contributed by atoms with van der Waals surface area (Å²) in [5.41, 5.74) is 2.49. The number of amides is 2. The van der Waals surface area contributed by atoms with Crippen molar-refractivity contribution in [3.8, 4) is 0 Å². The summed E-state index contributed by atoms with van der Waals surface area (Å²) in [6.07, 6.45) is 1.00. The molecule has 23 heavy (non-hydrogen) atoms. The molecule has 5 heteroatoms. The van der Waals surface area contributed by atoms with Gasteiger partial charge in [0.1, 0.15) is 0 Å². The number of hydrogen-bond acceptors (Lipinski definition) is 3. The Bertz CT molecular complexity index is 641. The molecule has 2 heterocycles. The van der Waals surface area contributed by atoms with Crippen LogP contribution in [0.25, 0.3) is 0 Å². The van der Waals surface area contributed by atoms with E-state index in [2.05, 4.69) is 52.9 Å². The van der Waals surface area contributed by atoms with Crippen LogP contribution in [0.4, 0.5) is 10.5 Å². The molecule has 0 spiro atoms. The van der Waals surface area contributed by atoms with Gasteiger partial charge in [0.05, 0.1) is 6.54 Å². The van der Waals surface area contributed by atoms with Crippen molar-refractivity contribution in [3.63, 3.8) is 0 Å². The van der Waals surface area contributed by atoms with E-state index < -0.39 is 0 Å². The Morgan fingerprint density at radius 2 is 1.96 bits per heavy atom. The Labute approximate surface area is 141 Å². The molecule has 0 unspecified atom stereocenters. The van der Waals surface area contributed by atoms with E-state index >= 15 is 0 Å². The summed E-state index contributed by atoms with van der Waals surface area (Å²) in [4.78, 5) is 17.9. The Balaban J connectivity index is 1.53. The maximum Gasteiger partial charge on any atom is 0.317 e. The van der Waals surface area contributed by atoms with Gasteiger partial charge >= 0.3 is 6.03 Å². The monoisotopic (exact) mass is 329 g/mol. The molecule has 1 aliphatic rings. The lowest BCUT2D eigenvalue weighted by molar-refractivity contribution is 0.201. The first-order valence-corrected chi connectivity index (χ1v) is 8.98. The maximum atomic E-state index is 12.4. The largest absolute Gasteiger partial charge is 0.370 e. The van der Waals surface area contributed by atoms with Crippen molar-refractivity contribution in [1.82, 2.24) is 10.2 Å². The number of rotatable bonds is 3. The van der Waals surface area contributed by atoms with Crippen molar-refractivity contribution in [3.05, 3.63) is 52.2 Å². The highest BCUT2D eigenvalue weighted by molar-refractivity contribution is 7.10. The number of para-hydroxylation sites is 1. The Morgan fingerprint density at radius 1 is 1.13 bits per heavy atom. The second-order valence-corrected chi connectivity index (χ2v) is 6.85. The van der Waals surface area contributed by atoms with Crippen molar-refractivity contribution in [2.75, 3.05) is 31.1 Å². The van der Waals surface area contributed by atoms with Crippen molar-refractivity contribution < 1.29 is 4.79 Å². The lowest BCUT2D eigenvalue weighted by atomic mass is 10.3. The molecule has 0 saturated carbocycles. The van der Waals surface area contributed by atoms with E-state index in [-0.39, 0.29) is 6.03 Å². The standard InChI is InChI=1S/C18H23N3OS/c1-15-8-13-23-17(15)14-19-18(22)21-10-5-9-20(11-12-21)16-6-3-2-4-7-16/h2-4,6-8,13H,5,9-12,14H2,1H3,(H,19,22). The van der Waals surface area contributed by atoms with Gasteiger partial charge < -0.3 is 15.1 Å². The van der Waals surface area contributed by atoms with Gasteiger partial charge in [0.2, 0.25) is 0 Å². The van der Waals surface area contributed by atoms with Crippen LogP contribution in [0.1, 0.15) is 16.9 Å². The number of urea groups is 1. The van der Waals surface area contributed by atoms with E-state index in [1.54, 1.807) is 11.3 Å². The lowest BCUT2D eigenvalue weighted by Crippen LogP contribution is -2.41. The molecule has 1 aliphatic heterocycles. The number of nitrogens with zero attached hydrogens (tertiary/aromatic N) is 2. The molecule has 122 valence electrons. The first kappa shape index (κ1) is 15.9. The fraction of sp³-hybridized carbons (Fsp3) is 0.389. The summed E-state index contributed by atoms with van der Waals surface area (Å²) < 4.78 is 0. The van der Waals surface area contributed by atoms with Crippen LogP contribution < -0.4 is 10.2 Å². The smallest absolute Gasteiger partial charge is 0.317 e. The van der Waals surface area contributed by atoms with Gasteiger partial charge in [0.25, 0.3) is 0 Å². The topological polar surface area (TPSA) is 35.6 Å². The molecule has 0 aliphatic carbocycles. The van der Waals surface area contributed by atoms with Crippen molar-refractivity contribution in [2.45, 2.75) is 19.9 Å². The van der Waals surface area contributed by atoms with Gasteiger partial charge in [-0.25, -0.2) is 4.79 Å². The number of hydrogen-bond donors (Lipinski definition) is 1. The number of nitrogens with one attached hydrogen (secondary N) is 1. The van der Waals surface area contributed by atoms with Gasteiger partial charge in [-0.1, -0.05) is 18.2 Å². The van der Waals surface area contributed by atoms with Crippen LogP contribution in [0.3, 0.4) is 0 Å². The SMILES string of the molecule is Cc1ccsc1CNC(=O)N1CCCN(c2ccccc2)CC1. The van der Waals surface area contributed by atoms with Crippen LogP contribution in [-0.4, -0.2) is 37.1 Å². The van der Waals surface area contributed by atoms with E-state index in [9.17, 15) is 4.79 Å². The predicted octanol–water partition coefficient (Wildman–Crippen LogP) is 3.48. The molecule has 4 nitrogen and oxygen atoms in total. The average molecular weight is 329 g/mol. The Kier molecular flexibility index (Phi) is 5.18. The minimum Gasteiger partial charge on any atom is -0.370 e. The van der Waals surface area contributed by atoms with E-state index in [0.29, 0.717) is 6.54 Å². The van der Waals surface area contributed by atoms with Crippen LogP contribution in [0.5, 0.6) is 0 Å². The third kappa shape index (κ3) is 4.05. The van der Waals surface area contributed by atoms with Gasteiger partial charge in [-0.05, 0) is 42.5 Å². The molecule has 2 aromatic rings. The zero-order valence-corrected chi connectivity index (χ0v) is 14.3. The summed E-state index contributed by atoms with van der Waals surface area (Å²) >= 11 is 1.70. The van der Waals surface area contributed by atoms with Crippen LogP contribution in [-0.2, 0) is 6.54 Å². The summed E-state index contributed by atoms with van der Waals surface area (Å²) in [7, 11) is 0. The second-order valence-electron chi connectivity index (χ2n) is 5.85. The predicted molar refractivity (Wildman–Crippen MR) is 96.1 cm³/mol. The quantitative estimate of drug-likeness (QED) is 0.936. The van der Waals surface area contributed by atoms with E-state index in [1.165, 1.54) is 16.1 Å². The van der Waals surface area contributed by atoms with Gasteiger partial charge in [-0.15, -0.1) is 11.3 Å². The number of carbonyl (C=O) groups is 1. The summed E-state index contributed by atoms with van der Waals surface area (Å²) in [6, 6.07) is 12.6. The first-order valence-electron chi connectivity index (χ1n) is 8.10. The molecule has 1 aromatic heterocycles. The second kappa shape index (κ2) is 7.51. The minimum absolute atomic E-state index is 0.0488. The van der Waals surface area contributed by atoms with E-state index in [1.807, 2.05) is 11.0 Å². The van der Waals surface area contributed by atoms with Crippen LogP contribution in [0, 0.1) is 6.92 Å². The summed E-state index contributed by atoms with van der Waals surface area (Å²) in [5.74, 6) is 0. The molecule has 0 bridgehead atoms. The molecular formula is C18H23N3OS. The third-order valence-electron chi connectivity index (χ3n) is 4.27. The third-order valence-corrected chi connectivity index (χ3v) is 5.30. The van der Waals surface area contributed by atoms with Crippen LogP contribution >= 0.6 is 11.3 Å². The Morgan fingerprint density at radius 3 is 2.70 bits per heavy atom. The molecule has 1 N–H and O–H groups in total. The highest BCUT2D eigenvalue weighted by Gasteiger charge is 2.19. The molecule has 0 atom stereocenters. The zero-order chi connectivity index (χ0) is 16.1. The summed E-state index contributed by atoms with van der Waals surface area (Å²) in [5, 5.41) is 5.13. The van der Waals surface area contributed by atoms with Gasteiger partial charge in [-0.3, -0.25) is 0 Å². The van der Waals surface area contributed by atoms with Crippen molar-refractivity contribution in [1.29, 1.82) is 0 Å². The Hall–Kier alpha value is -2.01. The molecule has 2 amide bonds. The number of anilines is 1. The number of thiophene rings is 1. The summed E-state index contributed by atoms with van der Waals surface area (Å²) in [6.45, 7) is 6.18. The molecule has 3 rings (SSSR count). The van der Waals surface area contributed by atoms with Crippen LogP contribution in [0.2, 0.25) is 0 Å². The van der Waals surface area contributed by atoms with Gasteiger partial charge in [-0.2, -0.15) is 0 Å². The highest BCUT2D eigenvalue weighted by Crippen LogP contribution is 2.17. The fourth-order valence-corrected chi connectivity index (χ4v) is 3.72. The van der Waals surface area contributed by atoms with Crippen molar-refractivity contribution >= 4 is 23.1 Å². The number of aryl methyl sites for hydroxylation is 1. The van der Waals surface area contributed by atoms with E-state index in [4.69, 9.17) is 0 Å². The molecular weight excluding hydrogens is 306 g/mol. The zero-order valence-electron chi connectivity index (χ0n) is 13.5. The van der Waals surface area contributed by atoms with Crippen molar-refractivity contribution in [2.24, 2.45) is 0 Å². The van der Waals surface area contributed by atoms with Gasteiger partial charge in [0, 0.05) is 36.7 Å². The highest BCUT2D eigenvalue weighted by atomic mass is 32.1. The number of benzene rings is 1. The molecule has 0 radical (unpaired) electrons. The molecule has 1 aromatic carbocycles. The molecule has 1 saturated heterocycles. The number of carbonyl (C=O) groups excluding carboxylic acids is 1.